The topological polar surface area (TPSA) is 122 Å². The van der Waals surface area contributed by atoms with Gasteiger partial charge in [0.2, 0.25) is 5.91 Å². The molecule has 0 radical (unpaired) electrons. The zero-order chi connectivity index (χ0) is 21.6. The highest BCUT2D eigenvalue weighted by Crippen LogP contribution is 2.29. The van der Waals surface area contributed by atoms with Gasteiger partial charge >= 0.3 is 12.1 Å². The maximum atomic E-state index is 12.7. The Morgan fingerprint density at radius 1 is 1.21 bits per heavy atom. The molecule has 0 aromatic heterocycles. The van der Waals surface area contributed by atoms with Gasteiger partial charge in [0.25, 0.3) is 5.91 Å². The lowest BCUT2D eigenvalue weighted by molar-refractivity contribution is -0.138. The summed E-state index contributed by atoms with van der Waals surface area (Å²) >= 11 is 0. The molecular weight excluding hydrogens is 391 g/mol. The minimum atomic E-state index is -4.57. The van der Waals surface area contributed by atoms with Gasteiger partial charge in [0.1, 0.15) is 0 Å². The van der Waals surface area contributed by atoms with Gasteiger partial charge in [-0.1, -0.05) is 6.07 Å². The molecule has 1 aliphatic carbocycles. The Kier molecular flexibility index (Phi) is 7.60. The number of hydrogen-bond donors (Lipinski definition) is 4. The van der Waals surface area contributed by atoms with Crippen molar-refractivity contribution in [1.82, 2.24) is 10.6 Å². The summed E-state index contributed by atoms with van der Waals surface area (Å²) in [7, 11) is 0. The van der Waals surface area contributed by atoms with Crippen molar-refractivity contribution in [2.75, 3.05) is 6.54 Å². The summed E-state index contributed by atoms with van der Waals surface area (Å²) in [6.45, 7) is -0.400. The summed E-state index contributed by atoms with van der Waals surface area (Å²) in [6, 6.07) is 3.62. The first-order valence-electron chi connectivity index (χ1n) is 9.28. The van der Waals surface area contributed by atoms with Gasteiger partial charge in [0, 0.05) is 24.1 Å². The van der Waals surface area contributed by atoms with Crippen LogP contribution in [0.2, 0.25) is 0 Å². The van der Waals surface area contributed by atoms with E-state index in [9.17, 15) is 27.6 Å². The van der Waals surface area contributed by atoms with Gasteiger partial charge in [0.15, 0.2) is 0 Å². The molecule has 0 unspecified atom stereocenters. The van der Waals surface area contributed by atoms with Gasteiger partial charge < -0.3 is 21.5 Å². The van der Waals surface area contributed by atoms with Gasteiger partial charge in [0.05, 0.1) is 12.1 Å². The van der Waals surface area contributed by atoms with Crippen LogP contribution in [0.3, 0.4) is 0 Å². The van der Waals surface area contributed by atoms with Gasteiger partial charge in [-0.25, -0.2) is 0 Å². The summed E-state index contributed by atoms with van der Waals surface area (Å²) in [5, 5.41) is 13.9. The lowest BCUT2D eigenvalue weighted by Gasteiger charge is -2.35. The third kappa shape index (κ3) is 7.04. The molecule has 1 aliphatic rings. The fourth-order valence-electron chi connectivity index (χ4n) is 3.48. The number of nitrogens with one attached hydrogen (secondary N) is 2. The molecule has 1 aromatic rings. The number of amides is 2. The first-order chi connectivity index (χ1) is 13.6. The molecule has 160 valence electrons. The fraction of sp³-hybridized carbons (Fsp3) is 0.526. The quantitative estimate of drug-likeness (QED) is 0.542. The molecule has 3 atom stereocenters. The van der Waals surface area contributed by atoms with Crippen LogP contribution in [0.1, 0.15) is 48.0 Å². The van der Waals surface area contributed by atoms with Crippen LogP contribution in [0.15, 0.2) is 24.3 Å². The lowest BCUT2D eigenvalue weighted by Crippen LogP contribution is -2.49. The normalized spacial score (nSPS) is 22.0. The molecule has 0 aliphatic heterocycles. The molecule has 1 aromatic carbocycles. The Morgan fingerprint density at radius 2 is 1.93 bits per heavy atom. The molecule has 0 saturated heterocycles. The summed E-state index contributed by atoms with van der Waals surface area (Å²) in [5.41, 5.74) is 4.78. The minimum Gasteiger partial charge on any atom is -0.481 e. The number of nitrogens with two attached hydrogens (primary N) is 1. The van der Waals surface area contributed by atoms with Crippen molar-refractivity contribution in [3.63, 3.8) is 0 Å². The highest BCUT2D eigenvalue weighted by atomic mass is 19.4. The molecular formula is C19H24F3N3O4. The minimum absolute atomic E-state index is 0.0317. The highest BCUT2D eigenvalue weighted by Gasteiger charge is 2.32. The maximum Gasteiger partial charge on any atom is 0.416 e. The van der Waals surface area contributed by atoms with E-state index in [4.69, 9.17) is 10.8 Å². The number of carbonyl (C=O) groups excluding carboxylic acids is 2. The van der Waals surface area contributed by atoms with E-state index in [2.05, 4.69) is 10.6 Å². The maximum absolute atomic E-state index is 12.7. The second-order valence-corrected chi connectivity index (χ2v) is 7.20. The van der Waals surface area contributed by atoms with Crippen LogP contribution in [0.4, 0.5) is 13.2 Å². The largest absolute Gasteiger partial charge is 0.481 e. The fourth-order valence-corrected chi connectivity index (χ4v) is 3.48. The van der Waals surface area contributed by atoms with E-state index in [1.54, 1.807) is 0 Å². The van der Waals surface area contributed by atoms with Crippen LogP contribution in [-0.4, -0.2) is 41.5 Å². The Hall–Kier alpha value is -2.62. The molecule has 7 nitrogen and oxygen atoms in total. The van der Waals surface area contributed by atoms with Crippen molar-refractivity contribution >= 4 is 17.8 Å². The second-order valence-electron chi connectivity index (χ2n) is 7.20. The number of carbonyl (C=O) groups is 3. The predicted octanol–water partition coefficient (Wildman–Crippen LogP) is 1.91. The Labute approximate surface area is 165 Å². The average Bonchev–Trinajstić information content (AvgIpc) is 2.65. The van der Waals surface area contributed by atoms with Crippen LogP contribution in [0.25, 0.3) is 0 Å². The third-order valence-electron chi connectivity index (χ3n) is 4.96. The number of carboxylic acids is 1. The van der Waals surface area contributed by atoms with Crippen LogP contribution >= 0.6 is 0 Å². The highest BCUT2D eigenvalue weighted by molar-refractivity contribution is 5.96. The van der Waals surface area contributed by atoms with E-state index < -0.39 is 36.1 Å². The number of aliphatic carboxylic acids is 1. The van der Waals surface area contributed by atoms with E-state index in [1.165, 1.54) is 6.07 Å². The number of alkyl halides is 3. The van der Waals surface area contributed by atoms with Crippen molar-refractivity contribution in [2.24, 2.45) is 11.7 Å². The number of carboxylic acid groups (broad SMARTS) is 1. The zero-order valence-corrected chi connectivity index (χ0v) is 15.7. The predicted molar refractivity (Wildman–Crippen MR) is 97.9 cm³/mol. The first kappa shape index (κ1) is 22.7. The number of halogens is 3. The summed E-state index contributed by atoms with van der Waals surface area (Å²) in [4.78, 5) is 35.1. The van der Waals surface area contributed by atoms with E-state index in [1.807, 2.05) is 0 Å². The first-order valence-corrected chi connectivity index (χ1v) is 9.28. The Bertz CT molecular complexity index is 754. The summed E-state index contributed by atoms with van der Waals surface area (Å²) in [5.74, 6) is -2.30. The smallest absolute Gasteiger partial charge is 0.416 e. The van der Waals surface area contributed by atoms with Gasteiger partial charge in [-0.15, -0.1) is 0 Å². The van der Waals surface area contributed by atoms with E-state index in [0.717, 1.165) is 18.2 Å². The van der Waals surface area contributed by atoms with Crippen molar-refractivity contribution in [1.29, 1.82) is 0 Å². The molecule has 1 saturated carbocycles. The molecule has 29 heavy (non-hydrogen) atoms. The number of rotatable bonds is 7. The van der Waals surface area contributed by atoms with Gasteiger partial charge in [-0.2, -0.15) is 13.2 Å². The molecule has 1 fully saturated rings. The summed E-state index contributed by atoms with van der Waals surface area (Å²) < 4.78 is 38.2. The van der Waals surface area contributed by atoms with Crippen molar-refractivity contribution < 1.29 is 32.7 Å². The molecule has 2 rings (SSSR count). The molecule has 0 spiro atoms. The average molecular weight is 415 g/mol. The van der Waals surface area contributed by atoms with E-state index in [0.29, 0.717) is 25.7 Å². The third-order valence-corrected chi connectivity index (χ3v) is 4.96. The molecule has 2 amide bonds. The van der Waals surface area contributed by atoms with Crippen molar-refractivity contribution in [3.05, 3.63) is 35.4 Å². The van der Waals surface area contributed by atoms with Gasteiger partial charge in [-0.3, -0.25) is 14.4 Å². The lowest BCUT2D eigenvalue weighted by atomic mass is 9.79. The van der Waals surface area contributed by atoms with E-state index >= 15 is 0 Å². The van der Waals surface area contributed by atoms with E-state index in [-0.39, 0.29) is 30.0 Å². The van der Waals surface area contributed by atoms with Crippen LogP contribution in [-0.2, 0) is 15.8 Å². The van der Waals surface area contributed by atoms with Crippen molar-refractivity contribution in [3.8, 4) is 0 Å². The van der Waals surface area contributed by atoms with Crippen LogP contribution < -0.4 is 16.4 Å². The van der Waals surface area contributed by atoms with Crippen LogP contribution in [0, 0.1) is 5.92 Å². The van der Waals surface area contributed by atoms with Gasteiger partial charge in [-0.05, 0) is 49.8 Å². The molecule has 5 N–H and O–H groups in total. The number of hydrogen-bond acceptors (Lipinski definition) is 4. The zero-order valence-electron chi connectivity index (χ0n) is 15.7. The monoisotopic (exact) mass is 415 g/mol. The van der Waals surface area contributed by atoms with Crippen LogP contribution in [0.5, 0.6) is 0 Å². The molecule has 10 heteroatoms. The molecule has 0 heterocycles. The summed E-state index contributed by atoms with van der Waals surface area (Å²) in [6.07, 6.45) is -2.35. The van der Waals surface area contributed by atoms with Crippen molar-refractivity contribution in [2.45, 2.75) is 50.4 Å². The second kappa shape index (κ2) is 9.73. The standard InChI is InChI=1S/C19H24F3N3O4/c20-19(21,22)13-3-1-2-12(8-13)18(29)24-10-16(26)25-15-6-5-14(23)9-11(15)4-7-17(27)28/h1-3,8,11,14-15H,4-7,9-10,23H2,(H,24,29)(H,25,26)(H,27,28)/t11-,14-,15+/m1/s1. The molecule has 0 bridgehead atoms. The number of benzene rings is 1. The SMILES string of the molecule is N[C@@H]1CC[C@H](NC(=O)CNC(=O)c2cccc(C(F)(F)F)c2)[C@H](CCC(=O)O)C1. The Balaban J connectivity index is 1.89. The Morgan fingerprint density at radius 3 is 2.59 bits per heavy atom.